The molecule has 0 amide bonds. The lowest BCUT2D eigenvalue weighted by molar-refractivity contribution is 0.501. The molecule has 0 saturated heterocycles. The third-order valence-corrected chi connectivity index (χ3v) is 2.44. The van der Waals surface area contributed by atoms with Crippen molar-refractivity contribution in [2.75, 3.05) is 0 Å². The number of hydrogen-bond donors (Lipinski definition) is 0. The third kappa shape index (κ3) is 1.21. The van der Waals surface area contributed by atoms with Crippen LogP contribution in [0.2, 0.25) is 0 Å². The second-order valence-corrected chi connectivity index (χ2v) is 3.36. The second kappa shape index (κ2) is 2.92. The van der Waals surface area contributed by atoms with E-state index in [1.54, 1.807) is 0 Å². The van der Waals surface area contributed by atoms with Crippen molar-refractivity contribution in [1.82, 2.24) is 4.98 Å². The van der Waals surface area contributed by atoms with E-state index in [4.69, 9.17) is 4.42 Å². The first-order valence-corrected chi connectivity index (χ1v) is 4.61. The summed E-state index contributed by atoms with van der Waals surface area (Å²) in [6, 6.07) is 11.5. The standard InChI is InChI=1S/C12H7NO2/c14-12-10-5-8-3-1-2-4-9(8)6-11(10)13-7-15-12/h1-7H. The minimum atomic E-state index is -0.342. The quantitative estimate of drug-likeness (QED) is 0.519. The van der Waals surface area contributed by atoms with E-state index >= 15 is 0 Å². The summed E-state index contributed by atoms with van der Waals surface area (Å²) in [5.74, 6) is 0. The largest absolute Gasteiger partial charge is 0.411 e. The zero-order chi connectivity index (χ0) is 10.3. The van der Waals surface area contributed by atoms with Crippen LogP contribution in [-0.2, 0) is 0 Å². The first-order valence-electron chi connectivity index (χ1n) is 4.61. The van der Waals surface area contributed by atoms with Gasteiger partial charge in [-0.2, -0.15) is 0 Å². The fraction of sp³-hybridized carbons (Fsp3) is 0. The Morgan fingerprint density at radius 3 is 2.60 bits per heavy atom. The Hall–Kier alpha value is -2.16. The van der Waals surface area contributed by atoms with E-state index in [0.717, 1.165) is 10.8 Å². The minimum Gasteiger partial charge on any atom is -0.411 e. The fourth-order valence-corrected chi connectivity index (χ4v) is 1.69. The van der Waals surface area contributed by atoms with E-state index in [0.29, 0.717) is 10.9 Å². The summed E-state index contributed by atoms with van der Waals surface area (Å²) >= 11 is 0. The van der Waals surface area contributed by atoms with Crippen LogP contribution in [0.4, 0.5) is 0 Å². The molecule has 0 spiro atoms. The van der Waals surface area contributed by atoms with E-state index in [2.05, 4.69) is 4.98 Å². The minimum absolute atomic E-state index is 0.342. The number of fused-ring (bicyclic) bond motifs is 2. The molecule has 0 bridgehead atoms. The third-order valence-electron chi connectivity index (χ3n) is 2.44. The van der Waals surface area contributed by atoms with Gasteiger partial charge < -0.3 is 4.42 Å². The summed E-state index contributed by atoms with van der Waals surface area (Å²) in [6.07, 6.45) is 1.18. The van der Waals surface area contributed by atoms with Crippen LogP contribution < -0.4 is 5.63 Å². The molecule has 0 N–H and O–H groups in total. The Balaban J connectivity index is 2.59. The van der Waals surface area contributed by atoms with Crippen molar-refractivity contribution in [3.63, 3.8) is 0 Å². The van der Waals surface area contributed by atoms with Gasteiger partial charge in [-0.05, 0) is 22.9 Å². The summed E-state index contributed by atoms with van der Waals surface area (Å²) in [5.41, 5.74) is 0.329. The topological polar surface area (TPSA) is 43.1 Å². The van der Waals surface area contributed by atoms with E-state index in [9.17, 15) is 4.79 Å². The maximum Gasteiger partial charge on any atom is 0.346 e. The maximum absolute atomic E-state index is 11.4. The normalized spacial score (nSPS) is 10.9. The molecule has 3 rings (SSSR count). The van der Waals surface area contributed by atoms with Gasteiger partial charge in [0.25, 0.3) is 0 Å². The summed E-state index contributed by atoms with van der Waals surface area (Å²) in [5, 5.41) is 2.62. The summed E-state index contributed by atoms with van der Waals surface area (Å²) < 4.78 is 4.72. The molecule has 0 aliphatic carbocycles. The molecule has 3 aromatic rings. The van der Waals surface area contributed by atoms with Crippen LogP contribution in [0.3, 0.4) is 0 Å². The molecule has 3 heteroatoms. The molecule has 0 unspecified atom stereocenters. The zero-order valence-electron chi connectivity index (χ0n) is 7.81. The first kappa shape index (κ1) is 8.17. The molecule has 15 heavy (non-hydrogen) atoms. The van der Waals surface area contributed by atoms with Crippen molar-refractivity contribution in [2.45, 2.75) is 0 Å². The van der Waals surface area contributed by atoms with Gasteiger partial charge in [-0.1, -0.05) is 24.3 Å². The molecule has 0 radical (unpaired) electrons. The van der Waals surface area contributed by atoms with E-state index in [1.165, 1.54) is 6.39 Å². The molecule has 72 valence electrons. The molecule has 2 aromatic carbocycles. The number of hydrogen-bond acceptors (Lipinski definition) is 3. The van der Waals surface area contributed by atoms with Gasteiger partial charge in [0.1, 0.15) is 0 Å². The van der Waals surface area contributed by atoms with Crippen LogP contribution in [0.15, 0.2) is 52.0 Å². The van der Waals surface area contributed by atoms with E-state index < -0.39 is 0 Å². The van der Waals surface area contributed by atoms with Crippen molar-refractivity contribution in [3.05, 3.63) is 53.2 Å². The summed E-state index contributed by atoms with van der Waals surface area (Å²) in [7, 11) is 0. The molecule has 0 fully saturated rings. The highest BCUT2D eigenvalue weighted by molar-refractivity contribution is 5.95. The number of rotatable bonds is 0. The predicted molar refractivity (Wildman–Crippen MR) is 57.8 cm³/mol. The molecular formula is C12H7NO2. The SMILES string of the molecule is O=c1ocnc2cc3ccccc3cc12. The lowest BCUT2D eigenvalue weighted by Crippen LogP contribution is -1.99. The van der Waals surface area contributed by atoms with Crippen LogP contribution in [0.1, 0.15) is 0 Å². The van der Waals surface area contributed by atoms with Crippen molar-refractivity contribution in [1.29, 1.82) is 0 Å². The highest BCUT2D eigenvalue weighted by atomic mass is 16.4. The fourth-order valence-electron chi connectivity index (χ4n) is 1.69. The van der Waals surface area contributed by atoms with Gasteiger partial charge in [0.05, 0.1) is 10.9 Å². The van der Waals surface area contributed by atoms with Gasteiger partial charge >= 0.3 is 5.63 Å². The Bertz CT molecular complexity index is 700. The van der Waals surface area contributed by atoms with Gasteiger partial charge in [0.2, 0.25) is 0 Å². The van der Waals surface area contributed by atoms with Crippen LogP contribution in [0, 0.1) is 0 Å². The molecule has 0 saturated carbocycles. The van der Waals surface area contributed by atoms with Crippen LogP contribution in [-0.4, -0.2) is 4.98 Å². The first-order chi connectivity index (χ1) is 7.34. The molecule has 0 aliphatic rings. The van der Waals surface area contributed by atoms with Gasteiger partial charge in [0, 0.05) is 0 Å². The molecule has 1 aromatic heterocycles. The van der Waals surface area contributed by atoms with Crippen molar-refractivity contribution >= 4 is 21.7 Å². The van der Waals surface area contributed by atoms with Gasteiger partial charge in [-0.25, -0.2) is 9.78 Å². The highest BCUT2D eigenvalue weighted by Crippen LogP contribution is 2.18. The monoisotopic (exact) mass is 197 g/mol. The lowest BCUT2D eigenvalue weighted by atomic mass is 10.1. The number of benzene rings is 2. The Morgan fingerprint density at radius 1 is 1.07 bits per heavy atom. The van der Waals surface area contributed by atoms with Crippen molar-refractivity contribution in [2.24, 2.45) is 0 Å². The van der Waals surface area contributed by atoms with Crippen LogP contribution in [0.5, 0.6) is 0 Å². The lowest BCUT2D eigenvalue weighted by Gasteiger charge is -1.98. The molecular weight excluding hydrogens is 190 g/mol. The maximum atomic E-state index is 11.4. The van der Waals surface area contributed by atoms with E-state index in [1.807, 2.05) is 36.4 Å². The predicted octanol–water partition coefficient (Wildman–Crippen LogP) is 2.34. The Kier molecular flexibility index (Phi) is 1.59. The average Bonchev–Trinajstić information content (AvgIpc) is 2.27. The summed E-state index contributed by atoms with van der Waals surface area (Å²) in [6.45, 7) is 0. The number of nitrogens with zero attached hydrogens (tertiary/aromatic N) is 1. The molecule has 0 aliphatic heterocycles. The highest BCUT2D eigenvalue weighted by Gasteiger charge is 2.02. The summed E-state index contributed by atoms with van der Waals surface area (Å²) in [4.78, 5) is 15.4. The Morgan fingerprint density at radius 2 is 1.80 bits per heavy atom. The van der Waals surface area contributed by atoms with Gasteiger partial charge in [-0.3, -0.25) is 0 Å². The van der Waals surface area contributed by atoms with Crippen molar-refractivity contribution in [3.8, 4) is 0 Å². The van der Waals surface area contributed by atoms with Gasteiger partial charge in [0.15, 0.2) is 6.39 Å². The average molecular weight is 197 g/mol. The zero-order valence-corrected chi connectivity index (χ0v) is 7.81. The molecule has 3 nitrogen and oxygen atoms in total. The molecule has 0 atom stereocenters. The van der Waals surface area contributed by atoms with Crippen molar-refractivity contribution < 1.29 is 4.42 Å². The van der Waals surface area contributed by atoms with Gasteiger partial charge in [-0.15, -0.1) is 0 Å². The van der Waals surface area contributed by atoms with E-state index in [-0.39, 0.29) is 5.63 Å². The van der Waals surface area contributed by atoms with Crippen LogP contribution >= 0.6 is 0 Å². The Labute approximate surface area is 85.0 Å². The molecule has 1 heterocycles. The van der Waals surface area contributed by atoms with Crippen LogP contribution in [0.25, 0.3) is 21.7 Å². The smallest absolute Gasteiger partial charge is 0.346 e. The number of aromatic nitrogens is 1. The second-order valence-electron chi connectivity index (χ2n) is 3.36.